The minimum atomic E-state index is -0.338. The number of benzene rings is 2. The van der Waals surface area contributed by atoms with Crippen molar-refractivity contribution in [1.82, 2.24) is 20.2 Å². The maximum Gasteiger partial charge on any atom is 0.248 e. The van der Waals surface area contributed by atoms with Crippen LogP contribution in [-0.4, -0.2) is 52.4 Å². The Bertz CT molecular complexity index is 936. The predicted octanol–water partition coefficient (Wildman–Crippen LogP) is 1.95. The SMILES string of the molecule is O=C(Cn1nnc(-c2ccc(F)cc2)n1)Nc1ccc(N2CCOCC2)cc1. The van der Waals surface area contributed by atoms with Gasteiger partial charge in [-0.05, 0) is 53.7 Å². The van der Waals surface area contributed by atoms with E-state index in [1.807, 2.05) is 24.3 Å². The third-order valence-corrected chi connectivity index (χ3v) is 4.37. The molecule has 2 aromatic carbocycles. The molecule has 0 aliphatic carbocycles. The molecule has 4 rings (SSSR count). The van der Waals surface area contributed by atoms with Gasteiger partial charge in [0, 0.05) is 30.0 Å². The average molecular weight is 382 g/mol. The Morgan fingerprint density at radius 3 is 2.50 bits per heavy atom. The second-order valence-electron chi connectivity index (χ2n) is 6.34. The number of carbonyl (C=O) groups is 1. The molecule has 0 saturated carbocycles. The second kappa shape index (κ2) is 8.13. The number of carbonyl (C=O) groups excluding carboxylic acids is 1. The molecule has 1 amide bonds. The first-order valence-electron chi connectivity index (χ1n) is 8.94. The zero-order valence-electron chi connectivity index (χ0n) is 15.1. The number of rotatable bonds is 5. The lowest BCUT2D eigenvalue weighted by Gasteiger charge is -2.28. The number of aromatic nitrogens is 4. The summed E-state index contributed by atoms with van der Waals surface area (Å²) in [4.78, 5) is 15.7. The molecule has 0 spiro atoms. The molecule has 144 valence electrons. The van der Waals surface area contributed by atoms with Gasteiger partial charge in [-0.15, -0.1) is 10.2 Å². The molecule has 9 heteroatoms. The maximum atomic E-state index is 13.0. The monoisotopic (exact) mass is 382 g/mol. The molecule has 0 bridgehead atoms. The standard InChI is InChI=1S/C19H19FN6O2/c20-15-3-1-14(2-4-15)19-22-24-26(23-19)13-18(27)21-16-5-7-17(8-6-16)25-9-11-28-12-10-25/h1-8H,9-13H2,(H,21,27). The van der Waals surface area contributed by atoms with E-state index in [9.17, 15) is 9.18 Å². The number of morpholine rings is 1. The zero-order chi connectivity index (χ0) is 19.3. The van der Waals surface area contributed by atoms with E-state index in [1.54, 1.807) is 12.1 Å². The van der Waals surface area contributed by atoms with Crippen LogP contribution >= 0.6 is 0 Å². The maximum absolute atomic E-state index is 13.0. The van der Waals surface area contributed by atoms with Gasteiger partial charge in [0.25, 0.3) is 0 Å². The Hall–Kier alpha value is -3.33. The molecule has 1 saturated heterocycles. The van der Waals surface area contributed by atoms with Gasteiger partial charge in [-0.2, -0.15) is 4.80 Å². The van der Waals surface area contributed by atoms with Gasteiger partial charge >= 0.3 is 0 Å². The molecule has 3 aromatic rings. The van der Waals surface area contributed by atoms with Crippen LogP contribution in [0.5, 0.6) is 0 Å². The number of nitrogens with zero attached hydrogens (tertiary/aromatic N) is 5. The van der Waals surface area contributed by atoms with Crippen molar-refractivity contribution < 1.29 is 13.9 Å². The van der Waals surface area contributed by atoms with Crippen molar-refractivity contribution >= 4 is 17.3 Å². The van der Waals surface area contributed by atoms with E-state index in [1.165, 1.54) is 16.9 Å². The van der Waals surface area contributed by atoms with Crippen LogP contribution < -0.4 is 10.2 Å². The van der Waals surface area contributed by atoms with Crippen molar-refractivity contribution in [3.8, 4) is 11.4 Å². The number of nitrogens with one attached hydrogen (secondary N) is 1. The fraction of sp³-hybridized carbons (Fsp3) is 0.263. The van der Waals surface area contributed by atoms with Gasteiger partial charge in [0.05, 0.1) is 13.2 Å². The second-order valence-corrected chi connectivity index (χ2v) is 6.34. The van der Waals surface area contributed by atoms with Gasteiger partial charge in [-0.3, -0.25) is 4.79 Å². The van der Waals surface area contributed by atoms with E-state index in [4.69, 9.17) is 4.74 Å². The third kappa shape index (κ3) is 4.32. The molecule has 8 nitrogen and oxygen atoms in total. The van der Waals surface area contributed by atoms with Crippen molar-refractivity contribution in [1.29, 1.82) is 0 Å². The zero-order valence-corrected chi connectivity index (χ0v) is 15.1. The summed E-state index contributed by atoms with van der Waals surface area (Å²) in [6, 6.07) is 13.4. The number of tetrazole rings is 1. The van der Waals surface area contributed by atoms with Crippen LogP contribution in [0.15, 0.2) is 48.5 Å². The molecular weight excluding hydrogens is 363 g/mol. The van der Waals surface area contributed by atoms with Crippen molar-refractivity contribution in [3.05, 3.63) is 54.3 Å². The molecule has 1 N–H and O–H groups in total. The quantitative estimate of drug-likeness (QED) is 0.726. The number of hydrogen-bond donors (Lipinski definition) is 1. The summed E-state index contributed by atoms with van der Waals surface area (Å²) < 4.78 is 18.3. The van der Waals surface area contributed by atoms with Crippen LogP contribution in [0.3, 0.4) is 0 Å². The Kier molecular flexibility index (Phi) is 5.24. The van der Waals surface area contributed by atoms with Gasteiger partial charge in [0.15, 0.2) is 0 Å². The van der Waals surface area contributed by atoms with E-state index < -0.39 is 0 Å². The lowest BCUT2D eigenvalue weighted by molar-refractivity contribution is -0.117. The summed E-state index contributed by atoms with van der Waals surface area (Å²) in [5, 5.41) is 14.8. The van der Waals surface area contributed by atoms with Gasteiger partial charge in [0.1, 0.15) is 12.4 Å². The van der Waals surface area contributed by atoms with Crippen molar-refractivity contribution in [2.24, 2.45) is 0 Å². The fourth-order valence-corrected chi connectivity index (χ4v) is 2.93. The summed E-state index contributed by atoms with van der Waals surface area (Å²) in [5.74, 6) is -0.264. The van der Waals surface area contributed by atoms with Gasteiger partial charge in [-0.1, -0.05) is 0 Å². The van der Waals surface area contributed by atoms with E-state index in [0.29, 0.717) is 17.1 Å². The van der Waals surface area contributed by atoms with Gasteiger partial charge in [-0.25, -0.2) is 4.39 Å². The van der Waals surface area contributed by atoms with Crippen LogP contribution in [0, 0.1) is 5.82 Å². The Morgan fingerprint density at radius 1 is 1.07 bits per heavy atom. The van der Waals surface area contributed by atoms with Crippen molar-refractivity contribution in [2.75, 3.05) is 36.5 Å². The molecule has 1 fully saturated rings. The number of anilines is 2. The summed E-state index contributed by atoms with van der Waals surface area (Å²) in [6.45, 7) is 3.10. The summed E-state index contributed by atoms with van der Waals surface area (Å²) in [6.07, 6.45) is 0. The highest BCUT2D eigenvalue weighted by Crippen LogP contribution is 2.19. The lowest BCUT2D eigenvalue weighted by Crippen LogP contribution is -2.36. The van der Waals surface area contributed by atoms with Crippen LogP contribution in [0.1, 0.15) is 0 Å². The number of halogens is 1. The highest BCUT2D eigenvalue weighted by Gasteiger charge is 2.12. The lowest BCUT2D eigenvalue weighted by atomic mass is 10.2. The largest absolute Gasteiger partial charge is 0.378 e. The van der Waals surface area contributed by atoms with E-state index >= 15 is 0 Å². The number of amides is 1. The summed E-state index contributed by atoms with van der Waals surface area (Å²) >= 11 is 0. The molecule has 0 radical (unpaired) electrons. The van der Waals surface area contributed by atoms with Crippen molar-refractivity contribution in [3.63, 3.8) is 0 Å². The van der Waals surface area contributed by atoms with Crippen LogP contribution in [-0.2, 0) is 16.1 Å². The fourth-order valence-electron chi connectivity index (χ4n) is 2.93. The molecule has 1 aromatic heterocycles. The molecule has 28 heavy (non-hydrogen) atoms. The first-order chi connectivity index (χ1) is 13.7. The number of ether oxygens (including phenoxy) is 1. The van der Waals surface area contributed by atoms with Crippen LogP contribution in [0.4, 0.5) is 15.8 Å². The third-order valence-electron chi connectivity index (χ3n) is 4.37. The minimum Gasteiger partial charge on any atom is -0.378 e. The first-order valence-corrected chi connectivity index (χ1v) is 8.94. The van der Waals surface area contributed by atoms with Gasteiger partial charge < -0.3 is 15.0 Å². The normalized spacial score (nSPS) is 14.1. The molecule has 2 heterocycles. The smallest absolute Gasteiger partial charge is 0.248 e. The van der Waals surface area contributed by atoms with Crippen LogP contribution in [0.2, 0.25) is 0 Å². The molecule has 0 unspecified atom stereocenters. The van der Waals surface area contributed by atoms with E-state index in [2.05, 4.69) is 25.6 Å². The minimum absolute atomic E-state index is 0.0700. The van der Waals surface area contributed by atoms with Crippen LogP contribution in [0.25, 0.3) is 11.4 Å². The highest BCUT2D eigenvalue weighted by molar-refractivity contribution is 5.90. The molecule has 0 atom stereocenters. The Balaban J connectivity index is 1.35. The summed E-state index contributed by atoms with van der Waals surface area (Å²) in [5.41, 5.74) is 2.43. The number of hydrogen-bond acceptors (Lipinski definition) is 6. The summed E-state index contributed by atoms with van der Waals surface area (Å²) in [7, 11) is 0. The topological polar surface area (TPSA) is 85.2 Å². The van der Waals surface area contributed by atoms with E-state index in [0.717, 1.165) is 32.0 Å². The predicted molar refractivity (Wildman–Crippen MR) is 101 cm³/mol. The van der Waals surface area contributed by atoms with Crippen molar-refractivity contribution in [2.45, 2.75) is 6.54 Å². The van der Waals surface area contributed by atoms with E-state index in [-0.39, 0.29) is 18.3 Å². The highest BCUT2D eigenvalue weighted by atomic mass is 19.1. The molecule has 1 aliphatic heterocycles. The molecule has 1 aliphatic rings. The first kappa shape index (κ1) is 18.1. The van der Waals surface area contributed by atoms with Gasteiger partial charge in [0.2, 0.25) is 11.7 Å². The Morgan fingerprint density at radius 2 is 1.79 bits per heavy atom. The Labute approximate surface area is 160 Å². The average Bonchev–Trinajstić information content (AvgIpc) is 3.18. The molecular formula is C19H19FN6O2.